The molecule has 0 aliphatic carbocycles. The minimum atomic E-state index is 0.0141. The molecule has 3 rings (SSSR count). The van der Waals surface area contributed by atoms with E-state index in [2.05, 4.69) is 12.1 Å². The quantitative estimate of drug-likeness (QED) is 0.793. The van der Waals surface area contributed by atoms with E-state index >= 15 is 0 Å². The summed E-state index contributed by atoms with van der Waals surface area (Å²) in [7, 11) is 1.83. The molecule has 1 aliphatic heterocycles. The number of benzene rings is 2. The minimum absolute atomic E-state index is 0.0141. The van der Waals surface area contributed by atoms with Gasteiger partial charge in [-0.2, -0.15) is 0 Å². The third-order valence-electron chi connectivity index (χ3n) is 3.72. The van der Waals surface area contributed by atoms with Crippen molar-refractivity contribution in [2.24, 2.45) is 0 Å². The Morgan fingerprint density at radius 2 is 1.84 bits per heavy atom. The Morgan fingerprint density at radius 1 is 1.11 bits per heavy atom. The Labute approximate surface area is 112 Å². The molecule has 2 aromatic rings. The van der Waals surface area contributed by atoms with Crippen LogP contribution in [0.3, 0.4) is 0 Å². The second-order valence-electron chi connectivity index (χ2n) is 4.96. The van der Waals surface area contributed by atoms with Crippen LogP contribution in [-0.4, -0.2) is 24.4 Å². The number of rotatable bonds is 1. The Balaban J connectivity index is 2.17. The Morgan fingerprint density at radius 3 is 2.58 bits per heavy atom. The van der Waals surface area contributed by atoms with Gasteiger partial charge in [0.1, 0.15) is 0 Å². The first-order chi connectivity index (χ1) is 9.18. The Kier molecular flexibility index (Phi) is 2.75. The summed E-state index contributed by atoms with van der Waals surface area (Å²) in [6.07, 6.45) is 0. The Bertz CT molecular complexity index is 622. The van der Waals surface area contributed by atoms with Crippen LogP contribution in [0.15, 0.2) is 48.5 Å². The number of likely N-dealkylation sites (N-methyl/N-ethyl adjacent to an activating group) is 1. The number of hydrogen-bond donors (Lipinski definition) is 1. The monoisotopic (exact) mass is 252 g/mol. The van der Waals surface area contributed by atoms with Gasteiger partial charge < -0.3 is 10.6 Å². The van der Waals surface area contributed by atoms with Gasteiger partial charge in [0, 0.05) is 25.2 Å². The number of fused-ring (bicyclic) bond motifs is 1. The van der Waals surface area contributed by atoms with Crippen LogP contribution in [0.1, 0.15) is 27.4 Å². The predicted molar refractivity (Wildman–Crippen MR) is 76.1 cm³/mol. The van der Waals surface area contributed by atoms with Gasteiger partial charge >= 0.3 is 0 Å². The highest BCUT2D eigenvalue weighted by Crippen LogP contribution is 2.35. The van der Waals surface area contributed by atoms with Crippen LogP contribution in [-0.2, 0) is 0 Å². The summed E-state index contributed by atoms with van der Waals surface area (Å²) >= 11 is 0. The lowest BCUT2D eigenvalue weighted by Crippen LogP contribution is -2.37. The number of nitrogens with zero attached hydrogens (tertiary/aromatic N) is 1. The fraction of sp³-hybridized carbons (Fsp3) is 0.188. The van der Waals surface area contributed by atoms with Gasteiger partial charge in [-0.25, -0.2) is 0 Å². The van der Waals surface area contributed by atoms with Gasteiger partial charge in [0.05, 0.1) is 5.56 Å². The largest absolute Gasteiger partial charge is 0.398 e. The van der Waals surface area contributed by atoms with Gasteiger partial charge in [0.15, 0.2) is 0 Å². The summed E-state index contributed by atoms with van der Waals surface area (Å²) in [4.78, 5) is 14.0. The maximum atomic E-state index is 12.3. The average molecular weight is 252 g/mol. The van der Waals surface area contributed by atoms with Gasteiger partial charge in [-0.3, -0.25) is 4.79 Å². The molecule has 3 heteroatoms. The van der Waals surface area contributed by atoms with Crippen molar-refractivity contribution in [3.63, 3.8) is 0 Å². The topological polar surface area (TPSA) is 46.3 Å². The van der Waals surface area contributed by atoms with Gasteiger partial charge in [0.25, 0.3) is 5.91 Å². The normalized spacial score (nSPS) is 18.3. The van der Waals surface area contributed by atoms with Crippen LogP contribution in [0.5, 0.6) is 0 Å². The van der Waals surface area contributed by atoms with E-state index in [4.69, 9.17) is 5.73 Å². The summed E-state index contributed by atoms with van der Waals surface area (Å²) < 4.78 is 0. The molecule has 0 radical (unpaired) electrons. The number of carbonyl (C=O) groups is 1. The number of amides is 1. The lowest BCUT2D eigenvalue weighted by Gasteiger charge is -2.32. The second kappa shape index (κ2) is 4.43. The van der Waals surface area contributed by atoms with Gasteiger partial charge in [0.2, 0.25) is 0 Å². The zero-order valence-corrected chi connectivity index (χ0v) is 10.8. The second-order valence-corrected chi connectivity index (χ2v) is 4.96. The van der Waals surface area contributed by atoms with E-state index in [1.807, 2.05) is 37.4 Å². The molecule has 0 saturated heterocycles. The smallest absolute Gasteiger partial charge is 0.256 e. The van der Waals surface area contributed by atoms with E-state index in [0.29, 0.717) is 17.8 Å². The van der Waals surface area contributed by atoms with Gasteiger partial charge in [-0.15, -0.1) is 0 Å². The molecule has 0 spiro atoms. The SMILES string of the molecule is CN1CC(c2ccccc2)c2cccc(N)c2C1=O. The summed E-state index contributed by atoms with van der Waals surface area (Å²) in [6, 6.07) is 16.0. The maximum Gasteiger partial charge on any atom is 0.256 e. The summed E-state index contributed by atoms with van der Waals surface area (Å²) in [5.74, 6) is 0.211. The molecule has 3 nitrogen and oxygen atoms in total. The van der Waals surface area contributed by atoms with E-state index in [-0.39, 0.29) is 11.8 Å². The van der Waals surface area contributed by atoms with E-state index in [0.717, 1.165) is 5.56 Å². The molecule has 2 N–H and O–H groups in total. The highest BCUT2D eigenvalue weighted by molar-refractivity contribution is 6.02. The molecule has 19 heavy (non-hydrogen) atoms. The van der Waals surface area contributed by atoms with Gasteiger partial charge in [-0.05, 0) is 17.2 Å². The summed E-state index contributed by atoms with van der Waals surface area (Å²) in [5.41, 5.74) is 9.46. The fourth-order valence-corrected chi connectivity index (χ4v) is 2.74. The highest BCUT2D eigenvalue weighted by Gasteiger charge is 2.31. The number of nitrogen functional groups attached to an aromatic ring is 1. The molecule has 1 aliphatic rings. The van der Waals surface area contributed by atoms with Crippen molar-refractivity contribution in [2.75, 3.05) is 19.3 Å². The van der Waals surface area contributed by atoms with E-state index < -0.39 is 0 Å². The molecule has 96 valence electrons. The molecule has 1 amide bonds. The van der Waals surface area contributed by atoms with Crippen molar-refractivity contribution >= 4 is 11.6 Å². The molecule has 1 heterocycles. The first-order valence-electron chi connectivity index (χ1n) is 6.37. The average Bonchev–Trinajstić information content (AvgIpc) is 2.43. The molecular formula is C16H16N2O. The first-order valence-corrected chi connectivity index (χ1v) is 6.37. The van der Waals surface area contributed by atoms with E-state index in [1.165, 1.54) is 5.56 Å². The van der Waals surface area contributed by atoms with Crippen molar-refractivity contribution in [3.8, 4) is 0 Å². The minimum Gasteiger partial charge on any atom is -0.398 e. The maximum absolute atomic E-state index is 12.3. The van der Waals surface area contributed by atoms with Crippen LogP contribution in [0, 0.1) is 0 Å². The molecule has 0 bridgehead atoms. The third-order valence-corrected chi connectivity index (χ3v) is 3.72. The van der Waals surface area contributed by atoms with Crippen LogP contribution in [0.25, 0.3) is 0 Å². The molecule has 0 aromatic heterocycles. The fourth-order valence-electron chi connectivity index (χ4n) is 2.74. The summed E-state index contributed by atoms with van der Waals surface area (Å²) in [5, 5.41) is 0. The number of hydrogen-bond acceptors (Lipinski definition) is 2. The Hall–Kier alpha value is -2.29. The van der Waals surface area contributed by atoms with Crippen molar-refractivity contribution in [1.82, 2.24) is 4.90 Å². The number of carbonyl (C=O) groups excluding carboxylic acids is 1. The predicted octanol–water partition coefficient (Wildman–Crippen LogP) is 2.49. The number of anilines is 1. The molecule has 1 unspecified atom stereocenters. The molecular weight excluding hydrogens is 236 g/mol. The van der Waals surface area contributed by atoms with Crippen molar-refractivity contribution in [2.45, 2.75) is 5.92 Å². The van der Waals surface area contributed by atoms with E-state index in [9.17, 15) is 4.79 Å². The summed E-state index contributed by atoms with van der Waals surface area (Å²) in [6.45, 7) is 0.694. The zero-order chi connectivity index (χ0) is 13.4. The van der Waals surface area contributed by atoms with Crippen LogP contribution >= 0.6 is 0 Å². The first kappa shape index (κ1) is 11.8. The lowest BCUT2D eigenvalue weighted by molar-refractivity contribution is 0.0773. The molecule has 0 fully saturated rings. The standard InChI is InChI=1S/C16H16N2O/c1-18-10-13(11-6-3-2-4-7-11)12-8-5-9-14(17)15(12)16(18)19/h2-9,13H,10,17H2,1H3. The van der Waals surface area contributed by atoms with Crippen LogP contribution in [0.4, 0.5) is 5.69 Å². The van der Waals surface area contributed by atoms with Crippen molar-refractivity contribution in [3.05, 3.63) is 65.2 Å². The zero-order valence-electron chi connectivity index (χ0n) is 10.8. The van der Waals surface area contributed by atoms with E-state index in [1.54, 1.807) is 11.0 Å². The van der Waals surface area contributed by atoms with Crippen LogP contribution in [0.2, 0.25) is 0 Å². The highest BCUT2D eigenvalue weighted by atomic mass is 16.2. The molecule has 0 saturated carbocycles. The van der Waals surface area contributed by atoms with Crippen LogP contribution < -0.4 is 5.73 Å². The molecule has 1 atom stereocenters. The third kappa shape index (κ3) is 1.87. The van der Waals surface area contributed by atoms with Gasteiger partial charge in [-0.1, -0.05) is 42.5 Å². The van der Waals surface area contributed by atoms with Crippen molar-refractivity contribution < 1.29 is 4.79 Å². The van der Waals surface area contributed by atoms with Crippen molar-refractivity contribution in [1.29, 1.82) is 0 Å². The lowest BCUT2D eigenvalue weighted by atomic mass is 9.84. The number of nitrogens with two attached hydrogens (primary N) is 1. The molecule has 2 aromatic carbocycles.